The van der Waals surface area contributed by atoms with Gasteiger partial charge in [0.25, 0.3) is 14.2 Å². The van der Waals surface area contributed by atoms with Gasteiger partial charge in [-0.15, -0.1) is 0 Å². The molecular weight excluding hydrogens is 553 g/mol. The second-order valence-electron chi connectivity index (χ2n) is 9.64. The highest BCUT2D eigenvalue weighted by atomic mass is 28.4. The van der Waals surface area contributed by atoms with E-state index in [9.17, 15) is 23.1 Å². The summed E-state index contributed by atoms with van der Waals surface area (Å²) in [5, 5.41) is 22.8. The second kappa shape index (κ2) is 16.3. The molecule has 3 aromatic rings. The first-order valence-electron chi connectivity index (χ1n) is 13.2. The van der Waals surface area contributed by atoms with Gasteiger partial charge in [-0.2, -0.15) is 13.2 Å². The van der Waals surface area contributed by atoms with Crippen molar-refractivity contribution in [1.82, 2.24) is 10.2 Å². The first-order valence-corrected chi connectivity index (χ1v) is 15.6. The number of hydrogen-bond donors (Lipinski definition) is 3. The lowest BCUT2D eigenvalue weighted by molar-refractivity contribution is -0.205. The van der Waals surface area contributed by atoms with Crippen LogP contribution in [-0.2, 0) is 4.43 Å². The van der Waals surface area contributed by atoms with Crippen LogP contribution in [0.5, 0.6) is 5.75 Å². The summed E-state index contributed by atoms with van der Waals surface area (Å²) >= 11 is 0. The van der Waals surface area contributed by atoms with Crippen LogP contribution in [0, 0.1) is 0 Å². The zero-order valence-electron chi connectivity index (χ0n) is 23.8. The molecule has 1 amide bonds. The summed E-state index contributed by atoms with van der Waals surface area (Å²) in [7, 11) is 0.586. The van der Waals surface area contributed by atoms with Gasteiger partial charge in [-0.3, -0.25) is 4.79 Å². The zero-order valence-corrected chi connectivity index (χ0v) is 24.8. The number of nitrogens with one attached hydrogen (secondary N) is 1. The number of likely N-dealkylation sites (N-methyl/N-ethyl adjacent to an activating group) is 2. The monoisotopic (exact) mass is 592 g/mol. The molecule has 0 saturated carbocycles. The fourth-order valence-electron chi connectivity index (χ4n) is 3.91. The van der Waals surface area contributed by atoms with Gasteiger partial charge in [0, 0.05) is 19.2 Å². The molecule has 3 rings (SSSR count). The molecule has 0 aliphatic carbocycles. The van der Waals surface area contributed by atoms with Crippen molar-refractivity contribution >= 4 is 24.6 Å². The van der Waals surface area contributed by atoms with E-state index in [1.807, 2.05) is 43.4 Å². The van der Waals surface area contributed by atoms with Crippen molar-refractivity contribution in [3.63, 3.8) is 0 Å². The Morgan fingerprint density at radius 1 is 0.927 bits per heavy atom. The van der Waals surface area contributed by atoms with Gasteiger partial charge in [0.2, 0.25) is 0 Å². The molecule has 0 fully saturated rings. The van der Waals surface area contributed by atoms with Gasteiger partial charge in [0.15, 0.2) is 6.10 Å². The van der Waals surface area contributed by atoms with E-state index in [0.717, 1.165) is 15.3 Å². The predicted molar refractivity (Wildman–Crippen MR) is 156 cm³/mol. The van der Waals surface area contributed by atoms with E-state index in [4.69, 9.17) is 14.3 Å². The van der Waals surface area contributed by atoms with Crippen LogP contribution in [-0.4, -0.2) is 88.1 Å². The Hall–Kier alpha value is -3.22. The van der Waals surface area contributed by atoms with Crippen molar-refractivity contribution in [2.45, 2.75) is 31.9 Å². The van der Waals surface area contributed by atoms with Crippen LogP contribution in [0.3, 0.4) is 0 Å². The summed E-state index contributed by atoms with van der Waals surface area (Å²) < 4.78 is 49.8. The SMILES string of the molecule is CN(CC(O)C(F)(F)F)C(=O)c1ccc(OCCO[Si](C)(c2ccccc2)c2ccccc2)cc1.CNCC(C)O. The Morgan fingerprint density at radius 3 is 1.85 bits per heavy atom. The number of alkyl halides is 3. The average molecular weight is 593 g/mol. The van der Waals surface area contributed by atoms with Gasteiger partial charge in [-0.05, 0) is 55.2 Å². The summed E-state index contributed by atoms with van der Waals surface area (Å²) in [6, 6.07) is 26.3. The molecule has 3 N–H and O–H groups in total. The smallest absolute Gasteiger partial charge is 0.416 e. The van der Waals surface area contributed by atoms with Crippen LogP contribution < -0.4 is 20.4 Å². The predicted octanol–water partition coefficient (Wildman–Crippen LogP) is 3.05. The molecule has 41 heavy (non-hydrogen) atoms. The number of rotatable bonds is 12. The third kappa shape index (κ3) is 10.9. The standard InChI is InChI=1S/C26H28F3NO4Si.C4H11NO/c1-30(19-24(31)26(27,28)29)25(32)20-13-15-21(16-14-20)33-17-18-34-35(2,22-9-5-3-6-10-22)23-11-7-4-8-12-23;1-4(6)3-5-2/h3-16,24,31H,17-19H2,1-2H3;4-6H,3H2,1-2H3. The summed E-state index contributed by atoms with van der Waals surface area (Å²) in [6.07, 6.45) is -7.59. The van der Waals surface area contributed by atoms with E-state index in [-0.39, 0.29) is 18.3 Å². The molecule has 11 heteroatoms. The van der Waals surface area contributed by atoms with Crippen LogP contribution in [0.15, 0.2) is 84.9 Å². The van der Waals surface area contributed by atoms with Crippen LogP contribution in [0.25, 0.3) is 0 Å². The maximum absolute atomic E-state index is 12.5. The highest BCUT2D eigenvalue weighted by Gasteiger charge is 2.39. The zero-order chi connectivity index (χ0) is 30.5. The number of benzene rings is 3. The quantitative estimate of drug-likeness (QED) is 0.221. The molecule has 0 saturated heterocycles. The lowest BCUT2D eigenvalue weighted by atomic mass is 10.2. The van der Waals surface area contributed by atoms with E-state index < -0.39 is 33.0 Å². The Balaban J connectivity index is 0.000000883. The lowest BCUT2D eigenvalue weighted by Crippen LogP contribution is -2.58. The molecule has 2 unspecified atom stereocenters. The maximum Gasteiger partial charge on any atom is 0.416 e. The molecule has 2 atom stereocenters. The van der Waals surface area contributed by atoms with Crippen LogP contribution in [0.2, 0.25) is 6.55 Å². The Kier molecular flexibility index (Phi) is 13.5. The maximum atomic E-state index is 12.5. The van der Waals surface area contributed by atoms with E-state index in [2.05, 4.69) is 36.1 Å². The summed E-state index contributed by atoms with van der Waals surface area (Å²) in [5.74, 6) is -0.124. The fourth-order valence-corrected chi connectivity index (χ4v) is 6.72. The number of halogens is 3. The molecule has 0 radical (unpaired) electrons. The summed E-state index contributed by atoms with van der Waals surface area (Å²) in [6.45, 7) is 4.36. The Labute approximate surface area is 240 Å². The topological polar surface area (TPSA) is 91.3 Å². The average Bonchev–Trinajstić information content (AvgIpc) is 2.96. The molecular formula is C30H39F3N2O5Si. The number of ether oxygens (including phenoxy) is 1. The second-order valence-corrected chi connectivity index (χ2v) is 13.1. The molecule has 0 aromatic heterocycles. The third-order valence-electron chi connectivity index (χ3n) is 6.16. The van der Waals surface area contributed by atoms with E-state index >= 15 is 0 Å². The molecule has 7 nitrogen and oxygen atoms in total. The molecule has 0 spiro atoms. The lowest BCUT2D eigenvalue weighted by Gasteiger charge is -2.28. The van der Waals surface area contributed by atoms with E-state index in [1.165, 1.54) is 19.2 Å². The van der Waals surface area contributed by atoms with Gasteiger partial charge >= 0.3 is 6.18 Å². The fraction of sp³-hybridized carbons (Fsp3) is 0.367. The van der Waals surface area contributed by atoms with Crippen LogP contribution in [0.4, 0.5) is 13.2 Å². The van der Waals surface area contributed by atoms with Crippen molar-refractivity contribution in [3.05, 3.63) is 90.5 Å². The van der Waals surface area contributed by atoms with Crippen LogP contribution >= 0.6 is 0 Å². The number of carbonyl (C=O) groups is 1. The Bertz CT molecular complexity index is 1130. The molecule has 0 bridgehead atoms. The number of nitrogens with zero attached hydrogens (tertiary/aromatic N) is 1. The van der Waals surface area contributed by atoms with Gasteiger partial charge in [0.05, 0.1) is 19.3 Å². The highest BCUT2D eigenvalue weighted by molar-refractivity contribution is 6.96. The van der Waals surface area contributed by atoms with Gasteiger partial charge in [-0.25, -0.2) is 0 Å². The molecule has 0 heterocycles. The minimum absolute atomic E-state index is 0.193. The normalized spacial score (nSPS) is 13.0. The van der Waals surface area contributed by atoms with Crippen molar-refractivity contribution in [2.24, 2.45) is 0 Å². The number of carbonyl (C=O) groups excluding carboxylic acids is 1. The van der Waals surface area contributed by atoms with Gasteiger partial charge in [0.1, 0.15) is 12.4 Å². The minimum Gasteiger partial charge on any atom is -0.491 e. The first-order chi connectivity index (χ1) is 19.4. The first kappa shape index (κ1) is 34.0. The number of aliphatic hydroxyl groups is 2. The van der Waals surface area contributed by atoms with Crippen molar-refractivity contribution in [3.8, 4) is 5.75 Å². The third-order valence-corrected chi connectivity index (χ3v) is 9.82. The number of amides is 1. The Morgan fingerprint density at radius 2 is 1.44 bits per heavy atom. The van der Waals surface area contributed by atoms with Gasteiger partial charge in [-0.1, -0.05) is 60.7 Å². The van der Waals surface area contributed by atoms with E-state index in [1.54, 1.807) is 19.1 Å². The van der Waals surface area contributed by atoms with Crippen molar-refractivity contribution < 1.29 is 37.3 Å². The van der Waals surface area contributed by atoms with Crippen LogP contribution in [0.1, 0.15) is 17.3 Å². The van der Waals surface area contributed by atoms with Crippen molar-refractivity contribution in [1.29, 1.82) is 0 Å². The van der Waals surface area contributed by atoms with E-state index in [0.29, 0.717) is 18.9 Å². The number of aliphatic hydroxyl groups excluding tert-OH is 2. The highest BCUT2D eigenvalue weighted by Crippen LogP contribution is 2.21. The largest absolute Gasteiger partial charge is 0.491 e. The van der Waals surface area contributed by atoms with Crippen molar-refractivity contribution in [2.75, 3.05) is 40.4 Å². The van der Waals surface area contributed by atoms with Gasteiger partial charge < -0.3 is 29.6 Å². The molecule has 224 valence electrons. The summed E-state index contributed by atoms with van der Waals surface area (Å²) in [4.78, 5) is 13.2. The molecule has 0 aliphatic rings. The summed E-state index contributed by atoms with van der Waals surface area (Å²) in [5.41, 5.74) is 0.193. The number of hydrogen-bond acceptors (Lipinski definition) is 6. The minimum atomic E-state index is -4.78. The molecule has 3 aromatic carbocycles. The molecule has 0 aliphatic heterocycles.